The van der Waals surface area contributed by atoms with Gasteiger partial charge in [0.2, 0.25) is 0 Å². The van der Waals surface area contributed by atoms with Crippen LogP contribution in [-0.4, -0.2) is 40.5 Å². The molecule has 0 saturated carbocycles. The number of aryl methyl sites for hydroxylation is 3. The zero-order valence-electron chi connectivity index (χ0n) is 18.8. The van der Waals surface area contributed by atoms with Gasteiger partial charge < -0.3 is 14.1 Å². The predicted molar refractivity (Wildman–Crippen MR) is 122 cm³/mol. The van der Waals surface area contributed by atoms with Crippen LogP contribution in [0.4, 0.5) is 4.39 Å². The third-order valence-corrected chi connectivity index (χ3v) is 6.31. The lowest BCUT2D eigenvalue weighted by Crippen LogP contribution is -2.42. The Bertz CT molecular complexity index is 1360. The minimum atomic E-state index is -0.462. The van der Waals surface area contributed by atoms with E-state index in [0.29, 0.717) is 42.4 Å². The highest BCUT2D eigenvalue weighted by atomic mass is 19.1. The largest absolute Gasteiger partial charge is 0.450 e. The van der Waals surface area contributed by atoms with Gasteiger partial charge in [-0.3, -0.25) is 9.78 Å². The van der Waals surface area contributed by atoms with Crippen LogP contribution >= 0.6 is 0 Å². The van der Waals surface area contributed by atoms with Crippen molar-refractivity contribution in [1.82, 2.24) is 14.9 Å². The van der Waals surface area contributed by atoms with Crippen molar-refractivity contribution in [2.24, 2.45) is 0 Å². The normalized spacial score (nSPS) is 16.4. The lowest BCUT2D eigenvalue weighted by atomic mass is 10.0. The van der Waals surface area contributed by atoms with E-state index in [1.165, 1.54) is 12.3 Å². The second kappa shape index (κ2) is 8.41. The number of halogens is 1. The SMILES string of the molecule is Cc1ccc2c(C)c(C(=O)N3CCO[C@@H](c4cncc(-c5ccccc5F)n4)C3)oc2c1C. The van der Waals surface area contributed by atoms with Crippen molar-refractivity contribution in [3.8, 4) is 11.3 Å². The Morgan fingerprint density at radius 3 is 2.73 bits per heavy atom. The fourth-order valence-electron chi connectivity index (χ4n) is 4.21. The molecule has 0 bridgehead atoms. The number of fused-ring (bicyclic) bond motifs is 1. The van der Waals surface area contributed by atoms with Gasteiger partial charge in [0.1, 0.15) is 17.5 Å². The van der Waals surface area contributed by atoms with E-state index < -0.39 is 6.10 Å². The molecular weight excluding hydrogens is 421 g/mol. The molecule has 2 aromatic heterocycles. The molecule has 3 heterocycles. The number of carbonyl (C=O) groups is 1. The summed E-state index contributed by atoms with van der Waals surface area (Å²) in [6.45, 7) is 7.06. The van der Waals surface area contributed by atoms with Crippen molar-refractivity contribution in [3.05, 3.63) is 82.8 Å². The molecule has 4 aromatic rings. The lowest BCUT2D eigenvalue weighted by molar-refractivity contribution is -0.0257. The second-order valence-corrected chi connectivity index (χ2v) is 8.36. The summed E-state index contributed by atoms with van der Waals surface area (Å²) in [7, 11) is 0. The Hall–Kier alpha value is -3.58. The molecule has 168 valence electrons. The van der Waals surface area contributed by atoms with Crippen LogP contribution in [-0.2, 0) is 4.74 Å². The Kier molecular flexibility index (Phi) is 5.42. The van der Waals surface area contributed by atoms with Gasteiger partial charge in [0.05, 0.1) is 36.9 Å². The first-order chi connectivity index (χ1) is 15.9. The number of carbonyl (C=O) groups excluding carboxylic acids is 1. The van der Waals surface area contributed by atoms with E-state index in [0.717, 1.165) is 27.7 Å². The highest BCUT2D eigenvalue weighted by Crippen LogP contribution is 2.31. The molecule has 1 amide bonds. The first-order valence-electron chi connectivity index (χ1n) is 10.9. The molecule has 0 radical (unpaired) electrons. The molecule has 1 aliphatic rings. The van der Waals surface area contributed by atoms with Crippen molar-refractivity contribution in [2.75, 3.05) is 19.7 Å². The third kappa shape index (κ3) is 3.78. The molecule has 1 saturated heterocycles. The second-order valence-electron chi connectivity index (χ2n) is 8.36. The van der Waals surface area contributed by atoms with Gasteiger partial charge in [-0.1, -0.05) is 24.3 Å². The first kappa shape index (κ1) is 21.3. The van der Waals surface area contributed by atoms with Crippen molar-refractivity contribution < 1.29 is 18.3 Å². The van der Waals surface area contributed by atoms with Crippen molar-refractivity contribution in [2.45, 2.75) is 26.9 Å². The molecule has 0 unspecified atom stereocenters. The summed E-state index contributed by atoms with van der Waals surface area (Å²) in [4.78, 5) is 23.9. The van der Waals surface area contributed by atoms with E-state index in [1.807, 2.05) is 32.9 Å². The third-order valence-electron chi connectivity index (χ3n) is 6.31. The predicted octanol–water partition coefficient (Wildman–Crippen LogP) is 5.17. The number of morpholine rings is 1. The molecule has 7 heteroatoms. The van der Waals surface area contributed by atoms with E-state index in [1.54, 1.807) is 29.3 Å². The fourth-order valence-corrected chi connectivity index (χ4v) is 4.21. The monoisotopic (exact) mass is 445 g/mol. The Balaban J connectivity index is 1.42. The maximum Gasteiger partial charge on any atom is 0.290 e. The zero-order chi connectivity index (χ0) is 23.1. The molecule has 1 fully saturated rings. The van der Waals surface area contributed by atoms with Gasteiger partial charge in [-0.2, -0.15) is 0 Å². The zero-order valence-corrected chi connectivity index (χ0v) is 18.8. The fraction of sp³-hybridized carbons (Fsp3) is 0.269. The average Bonchev–Trinajstić information content (AvgIpc) is 3.18. The van der Waals surface area contributed by atoms with Gasteiger partial charge in [0, 0.05) is 23.1 Å². The van der Waals surface area contributed by atoms with Crippen molar-refractivity contribution >= 4 is 16.9 Å². The van der Waals surface area contributed by atoms with Crippen LogP contribution in [0.5, 0.6) is 0 Å². The van der Waals surface area contributed by atoms with Crippen LogP contribution in [0.15, 0.2) is 53.2 Å². The van der Waals surface area contributed by atoms with Crippen molar-refractivity contribution in [3.63, 3.8) is 0 Å². The quantitative estimate of drug-likeness (QED) is 0.435. The van der Waals surface area contributed by atoms with Gasteiger partial charge in [0.15, 0.2) is 5.76 Å². The van der Waals surface area contributed by atoms with Crippen LogP contribution in [0, 0.1) is 26.6 Å². The molecule has 33 heavy (non-hydrogen) atoms. The summed E-state index contributed by atoms with van der Waals surface area (Å²) < 4.78 is 26.2. The molecule has 0 spiro atoms. The molecule has 0 N–H and O–H groups in total. The van der Waals surface area contributed by atoms with Crippen LogP contribution in [0.3, 0.4) is 0 Å². The van der Waals surface area contributed by atoms with Gasteiger partial charge in [0.25, 0.3) is 5.91 Å². The van der Waals surface area contributed by atoms with E-state index in [4.69, 9.17) is 9.15 Å². The standard InChI is InChI=1S/C26H24FN3O3/c1-15-8-9-18-17(3)25(33-24(18)16(15)2)26(31)30-10-11-32-23(14-30)22-13-28-12-21(29-22)19-6-4-5-7-20(19)27/h4-9,12-13,23H,10-11,14H2,1-3H3/t23-/m1/s1. The first-order valence-corrected chi connectivity index (χ1v) is 10.9. The molecule has 1 aliphatic heterocycles. The van der Waals surface area contributed by atoms with E-state index in [2.05, 4.69) is 9.97 Å². The molecule has 6 nitrogen and oxygen atoms in total. The van der Waals surface area contributed by atoms with Crippen LogP contribution in [0.25, 0.3) is 22.2 Å². The maximum absolute atomic E-state index is 14.2. The highest BCUT2D eigenvalue weighted by molar-refractivity contribution is 5.99. The summed E-state index contributed by atoms with van der Waals surface area (Å²) in [5.41, 5.74) is 5.10. The van der Waals surface area contributed by atoms with Gasteiger partial charge >= 0.3 is 0 Å². The number of ether oxygens (including phenoxy) is 1. The number of hydrogen-bond acceptors (Lipinski definition) is 5. The lowest BCUT2D eigenvalue weighted by Gasteiger charge is -2.32. The minimum absolute atomic E-state index is 0.174. The molecule has 1 atom stereocenters. The number of furan rings is 1. The van der Waals surface area contributed by atoms with E-state index in [9.17, 15) is 9.18 Å². The molecule has 5 rings (SSSR count). The number of aromatic nitrogens is 2. The van der Waals surface area contributed by atoms with Crippen LogP contribution in [0.2, 0.25) is 0 Å². The number of nitrogens with zero attached hydrogens (tertiary/aromatic N) is 3. The van der Waals surface area contributed by atoms with E-state index >= 15 is 0 Å². The molecule has 2 aromatic carbocycles. The maximum atomic E-state index is 14.2. The summed E-state index contributed by atoms with van der Waals surface area (Å²) in [6.07, 6.45) is 2.66. The van der Waals surface area contributed by atoms with Crippen molar-refractivity contribution in [1.29, 1.82) is 0 Å². The number of hydrogen-bond donors (Lipinski definition) is 0. The van der Waals surface area contributed by atoms with Crippen LogP contribution < -0.4 is 0 Å². The molecule has 0 aliphatic carbocycles. The number of amides is 1. The summed E-state index contributed by atoms with van der Waals surface area (Å²) in [6, 6.07) is 10.5. The smallest absolute Gasteiger partial charge is 0.290 e. The molecular formula is C26H24FN3O3. The average molecular weight is 445 g/mol. The van der Waals surface area contributed by atoms with E-state index in [-0.39, 0.29) is 11.7 Å². The topological polar surface area (TPSA) is 68.5 Å². The van der Waals surface area contributed by atoms with Gasteiger partial charge in [-0.25, -0.2) is 9.37 Å². The summed E-state index contributed by atoms with van der Waals surface area (Å²) >= 11 is 0. The number of rotatable bonds is 3. The van der Waals surface area contributed by atoms with Gasteiger partial charge in [-0.05, 0) is 44.0 Å². The Morgan fingerprint density at radius 1 is 1.09 bits per heavy atom. The highest BCUT2D eigenvalue weighted by Gasteiger charge is 2.30. The minimum Gasteiger partial charge on any atom is -0.450 e. The van der Waals surface area contributed by atoms with Gasteiger partial charge in [-0.15, -0.1) is 0 Å². The Labute approximate surface area is 191 Å². The summed E-state index contributed by atoms with van der Waals surface area (Å²) in [5, 5.41) is 0.953. The van der Waals surface area contributed by atoms with Crippen LogP contribution in [0.1, 0.15) is 39.0 Å². The Morgan fingerprint density at radius 2 is 1.91 bits per heavy atom. The number of benzene rings is 2. The summed E-state index contributed by atoms with van der Waals surface area (Å²) in [5.74, 6) is -0.186.